The topological polar surface area (TPSA) is 55.4 Å². The molecule has 0 unspecified atom stereocenters. The molecule has 22 heavy (non-hydrogen) atoms. The number of Topliss-reactive ketones (excluding diaryl/α,β-unsaturated/α-hetero) is 1. The molecule has 4 atom stereocenters. The molecule has 0 aromatic carbocycles. The minimum absolute atomic E-state index is 0.00177. The van der Waals surface area contributed by atoms with Crippen molar-refractivity contribution >= 4 is 20.0 Å². The van der Waals surface area contributed by atoms with Crippen molar-refractivity contribution < 1.29 is 14.0 Å². The second-order valence-electron chi connectivity index (χ2n) is 8.46. The molecule has 0 radical (unpaired) electrons. The molecule has 2 aliphatic rings. The van der Waals surface area contributed by atoms with Crippen LogP contribution in [-0.2, 0) is 14.0 Å². The van der Waals surface area contributed by atoms with Crippen LogP contribution in [0.5, 0.6) is 0 Å². The molecule has 2 fully saturated rings. The van der Waals surface area contributed by atoms with Crippen LogP contribution in [0.4, 0.5) is 0 Å². The first-order chi connectivity index (χ1) is 10.0. The largest absolute Gasteiger partial charge is 0.413 e. The third-order valence-corrected chi connectivity index (χ3v) is 10.4. The molecule has 1 saturated heterocycles. The Kier molecular flexibility index (Phi) is 4.88. The summed E-state index contributed by atoms with van der Waals surface area (Å²) in [6, 6.07) is -0.0138. The van der Waals surface area contributed by atoms with E-state index in [4.69, 9.17) is 4.43 Å². The number of hydrogen-bond donors (Lipinski definition) is 1. The van der Waals surface area contributed by atoms with E-state index in [1.165, 1.54) is 0 Å². The second-order valence-corrected chi connectivity index (χ2v) is 13.2. The first-order valence-corrected chi connectivity index (χ1v) is 11.5. The van der Waals surface area contributed by atoms with Crippen LogP contribution in [0.25, 0.3) is 0 Å². The Morgan fingerprint density at radius 1 is 1.23 bits per heavy atom. The first kappa shape index (κ1) is 17.7. The maximum absolute atomic E-state index is 12.2. The molecule has 0 aromatic rings. The minimum atomic E-state index is -1.90. The normalized spacial score (nSPS) is 31.5. The summed E-state index contributed by atoms with van der Waals surface area (Å²) in [7, 11) is -1.90. The summed E-state index contributed by atoms with van der Waals surface area (Å²) in [5.74, 6) is 0.207. The number of nitrogens with one attached hydrogen (secondary N) is 1. The summed E-state index contributed by atoms with van der Waals surface area (Å²) in [5, 5.41) is 3.10. The lowest BCUT2D eigenvalue weighted by Gasteiger charge is -2.48. The minimum Gasteiger partial charge on any atom is -0.413 e. The number of amides is 1. The Balaban J connectivity index is 2.06. The summed E-state index contributed by atoms with van der Waals surface area (Å²) in [5.41, 5.74) is 0. The van der Waals surface area contributed by atoms with Crippen molar-refractivity contribution in [2.45, 2.75) is 83.7 Å². The molecular weight excluding hydrogens is 294 g/mol. The van der Waals surface area contributed by atoms with Gasteiger partial charge in [-0.3, -0.25) is 9.59 Å². The molecule has 1 aliphatic carbocycles. The molecular formula is C17H31NO3Si. The molecule has 1 aliphatic heterocycles. The maximum atomic E-state index is 12.2. The van der Waals surface area contributed by atoms with E-state index in [0.717, 1.165) is 19.3 Å². The molecule has 1 amide bonds. The van der Waals surface area contributed by atoms with Crippen molar-refractivity contribution in [2.75, 3.05) is 0 Å². The predicted octanol–water partition coefficient (Wildman–Crippen LogP) is 3.27. The van der Waals surface area contributed by atoms with Crippen molar-refractivity contribution in [2.24, 2.45) is 11.8 Å². The lowest BCUT2D eigenvalue weighted by molar-refractivity contribution is -0.145. The Hall–Kier alpha value is -0.683. The summed E-state index contributed by atoms with van der Waals surface area (Å²) in [6.07, 6.45) is 3.55. The molecule has 4 nitrogen and oxygen atoms in total. The Labute approximate surface area is 135 Å². The number of hydrogen-bond acceptors (Lipinski definition) is 3. The van der Waals surface area contributed by atoms with Gasteiger partial charge in [-0.1, -0.05) is 27.2 Å². The van der Waals surface area contributed by atoms with Gasteiger partial charge in [0.2, 0.25) is 5.91 Å². The van der Waals surface area contributed by atoms with E-state index in [1.54, 1.807) is 0 Å². The van der Waals surface area contributed by atoms with Gasteiger partial charge in [-0.2, -0.15) is 0 Å². The van der Waals surface area contributed by atoms with Crippen LogP contribution >= 0.6 is 0 Å². The molecule has 0 spiro atoms. The van der Waals surface area contributed by atoms with Crippen molar-refractivity contribution in [3.05, 3.63) is 0 Å². The quantitative estimate of drug-likeness (QED) is 0.637. The highest BCUT2D eigenvalue weighted by Crippen LogP contribution is 2.40. The van der Waals surface area contributed by atoms with Crippen LogP contribution in [0.3, 0.4) is 0 Å². The van der Waals surface area contributed by atoms with Crippen molar-refractivity contribution in [1.82, 2.24) is 5.32 Å². The fraction of sp³-hybridized carbons (Fsp3) is 0.882. The summed E-state index contributed by atoms with van der Waals surface area (Å²) < 4.78 is 6.40. The lowest BCUT2D eigenvalue weighted by atomic mass is 9.72. The number of carbonyl (C=O) groups excluding carboxylic acids is 2. The van der Waals surface area contributed by atoms with Gasteiger partial charge >= 0.3 is 0 Å². The van der Waals surface area contributed by atoms with E-state index in [1.807, 2.05) is 6.92 Å². The highest BCUT2D eigenvalue weighted by Gasteiger charge is 2.51. The highest BCUT2D eigenvalue weighted by molar-refractivity contribution is 6.74. The zero-order chi connectivity index (χ0) is 16.7. The first-order valence-electron chi connectivity index (χ1n) is 8.55. The van der Waals surface area contributed by atoms with Gasteiger partial charge in [-0.15, -0.1) is 0 Å². The van der Waals surface area contributed by atoms with Crippen molar-refractivity contribution in [3.63, 3.8) is 0 Å². The SMILES string of the molecule is C[C@@H](O[Si](C)(C)C(C)(C)C)[C@H]1C(=O)N[C@@H]1[C@H]1CCCCC1=O. The zero-order valence-electron chi connectivity index (χ0n) is 14.9. The molecule has 0 bridgehead atoms. The van der Waals surface area contributed by atoms with E-state index in [2.05, 4.69) is 39.2 Å². The fourth-order valence-electron chi connectivity index (χ4n) is 3.38. The summed E-state index contributed by atoms with van der Waals surface area (Å²) in [4.78, 5) is 24.2. The Bertz CT molecular complexity index is 455. The van der Waals surface area contributed by atoms with E-state index in [9.17, 15) is 9.59 Å². The highest BCUT2D eigenvalue weighted by atomic mass is 28.4. The average Bonchev–Trinajstić information content (AvgIpc) is 2.34. The third-order valence-electron chi connectivity index (χ3n) is 5.83. The van der Waals surface area contributed by atoms with Gasteiger partial charge < -0.3 is 9.74 Å². The Morgan fingerprint density at radius 2 is 1.86 bits per heavy atom. The molecule has 0 aromatic heterocycles. The van der Waals surface area contributed by atoms with Crippen LogP contribution in [0.15, 0.2) is 0 Å². The lowest BCUT2D eigenvalue weighted by Crippen LogP contribution is -2.67. The van der Waals surface area contributed by atoms with Crippen molar-refractivity contribution in [3.8, 4) is 0 Å². The molecule has 2 rings (SSSR count). The molecule has 1 N–H and O–H groups in total. The molecule has 126 valence electrons. The van der Waals surface area contributed by atoms with Gasteiger partial charge in [-0.05, 0) is 37.9 Å². The van der Waals surface area contributed by atoms with Crippen LogP contribution in [0, 0.1) is 11.8 Å². The van der Waals surface area contributed by atoms with E-state index >= 15 is 0 Å². The third kappa shape index (κ3) is 3.30. The zero-order valence-corrected chi connectivity index (χ0v) is 15.9. The van der Waals surface area contributed by atoms with Crippen LogP contribution in [0.1, 0.15) is 53.4 Å². The fourth-order valence-corrected chi connectivity index (χ4v) is 4.81. The van der Waals surface area contributed by atoms with Crippen LogP contribution < -0.4 is 5.32 Å². The maximum Gasteiger partial charge on any atom is 0.228 e. The van der Waals surface area contributed by atoms with Gasteiger partial charge in [-0.25, -0.2) is 0 Å². The average molecular weight is 326 g/mol. The van der Waals surface area contributed by atoms with E-state index in [-0.39, 0.29) is 34.9 Å². The van der Waals surface area contributed by atoms with Gasteiger partial charge in [0, 0.05) is 12.3 Å². The number of ketones is 1. The monoisotopic (exact) mass is 325 g/mol. The summed E-state index contributed by atoms with van der Waals surface area (Å²) >= 11 is 0. The molecule has 5 heteroatoms. The summed E-state index contributed by atoms with van der Waals surface area (Å²) in [6.45, 7) is 13.0. The van der Waals surface area contributed by atoms with E-state index in [0.29, 0.717) is 12.2 Å². The van der Waals surface area contributed by atoms with Gasteiger partial charge in [0.25, 0.3) is 0 Å². The Morgan fingerprint density at radius 3 is 2.36 bits per heavy atom. The van der Waals surface area contributed by atoms with Gasteiger partial charge in [0.05, 0.1) is 18.1 Å². The standard InChI is InChI=1S/C17H31NO3Si/c1-11(21-22(5,6)17(2,3)4)14-15(18-16(14)20)12-9-7-8-10-13(12)19/h11-12,14-15H,7-10H2,1-6H3,(H,18,20)/t11-,12+,14-,15-/m1/s1. The molecule has 1 heterocycles. The second kappa shape index (κ2) is 6.08. The number of carbonyl (C=O) groups is 2. The molecule has 1 saturated carbocycles. The van der Waals surface area contributed by atoms with Crippen molar-refractivity contribution in [1.29, 1.82) is 0 Å². The number of β-lactam (4-membered cyclic amide) rings is 1. The van der Waals surface area contributed by atoms with E-state index < -0.39 is 8.32 Å². The van der Waals surface area contributed by atoms with Crippen LogP contribution in [0.2, 0.25) is 18.1 Å². The van der Waals surface area contributed by atoms with Gasteiger partial charge in [0.15, 0.2) is 8.32 Å². The van der Waals surface area contributed by atoms with Crippen LogP contribution in [-0.4, -0.2) is 32.2 Å². The predicted molar refractivity (Wildman–Crippen MR) is 90.1 cm³/mol. The van der Waals surface area contributed by atoms with Gasteiger partial charge in [0.1, 0.15) is 5.78 Å². The number of rotatable bonds is 4. The smallest absolute Gasteiger partial charge is 0.228 e.